The molecule has 1 aromatic heterocycles. The highest BCUT2D eigenvalue weighted by atomic mass is 16.2. The second-order valence-corrected chi connectivity index (χ2v) is 5.86. The quantitative estimate of drug-likeness (QED) is 0.384. The molecule has 0 unspecified atom stereocenters. The molecule has 0 bridgehead atoms. The van der Waals surface area contributed by atoms with E-state index >= 15 is 0 Å². The van der Waals surface area contributed by atoms with Crippen LogP contribution in [0.4, 0.5) is 0 Å². The summed E-state index contributed by atoms with van der Waals surface area (Å²) in [6.07, 6.45) is 0.900. The van der Waals surface area contributed by atoms with Crippen molar-refractivity contribution >= 4 is 22.7 Å². The smallest absolute Gasteiger partial charge is 0.251 e. The third-order valence-corrected chi connectivity index (χ3v) is 4.06. The summed E-state index contributed by atoms with van der Waals surface area (Å²) in [5.41, 5.74) is 8.57. The first-order chi connectivity index (χ1) is 12.7. The highest BCUT2D eigenvalue weighted by Crippen LogP contribution is 2.26. The van der Waals surface area contributed by atoms with E-state index in [-0.39, 0.29) is 18.5 Å². The van der Waals surface area contributed by atoms with Crippen molar-refractivity contribution in [2.45, 2.75) is 12.8 Å². The Kier molecular flexibility index (Phi) is 5.60. The van der Waals surface area contributed by atoms with Crippen LogP contribution in [0.25, 0.3) is 22.2 Å². The van der Waals surface area contributed by atoms with Gasteiger partial charge in [0.1, 0.15) is 0 Å². The summed E-state index contributed by atoms with van der Waals surface area (Å²) < 4.78 is 0. The first-order valence-electron chi connectivity index (χ1n) is 8.47. The van der Waals surface area contributed by atoms with Crippen LogP contribution < -0.4 is 16.4 Å². The van der Waals surface area contributed by atoms with Gasteiger partial charge in [-0.25, -0.2) is 0 Å². The number of amides is 2. The van der Waals surface area contributed by atoms with Gasteiger partial charge < -0.3 is 16.4 Å². The summed E-state index contributed by atoms with van der Waals surface area (Å²) in [6, 6.07) is 15.2. The van der Waals surface area contributed by atoms with Crippen LogP contribution in [0, 0.1) is 0 Å². The number of nitrogens with two attached hydrogens (primary N) is 1. The summed E-state index contributed by atoms with van der Waals surface area (Å²) in [6.45, 7) is 0.561. The molecular formula is C19H21N5O2. The van der Waals surface area contributed by atoms with Gasteiger partial charge >= 0.3 is 0 Å². The van der Waals surface area contributed by atoms with Gasteiger partial charge in [-0.1, -0.05) is 30.3 Å². The summed E-state index contributed by atoms with van der Waals surface area (Å²) in [4.78, 5) is 23.5. The van der Waals surface area contributed by atoms with E-state index in [1.807, 2.05) is 36.4 Å². The fraction of sp³-hybridized carbons (Fsp3) is 0.211. The Morgan fingerprint density at radius 3 is 2.58 bits per heavy atom. The van der Waals surface area contributed by atoms with Crippen molar-refractivity contribution in [1.82, 2.24) is 20.8 Å². The van der Waals surface area contributed by atoms with E-state index in [9.17, 15) is 9.59 Å². The van der Waals surface area contributed by atoms with Crippen molar-refractivity contribution < 1.29 is 9.59 Å². The molecule has 0 saturated heterocycles. The zero-order valence-electron chi connectivity index (χ0n) is 14.3. The standard InChI is InChI=1S/C19H21N5O2/c20-12-22-17(25)6-3-11-21-19(26)14-9-7-13(8-10-14)18-15-4-1-2-5-16(15)23-24-18/h1-2,4-5,7-10H,3,6,11-12,20H2,(H,21,26)(H,22,25)(H,23,24). The molecule has 7 nitrogen and oxygen atoms in total. The number of H-pyrrole nitrogens is 1. The van der Waals surface area contributed by atoms with Gasteiger partial charge in [-0.15, -0.1) is 0 Å². The molecule has 26 heavy (non-hydrogen) atoms. The van der Waals surface area contributed by atoms with Gasteiger partial charge in [0.15, 0.2) is 0 Å². The Labute approximate surface area is 151 Å². The maximum absolute atomic E-state index is 12.2. The lowest BCUT2D eigenvalue weighted by atomic mass is 10.1. The van der Waals surface area contributed by atoms with Gasteiger partial charge in [0.05, 0.1) is 17.9 Å². The minimum atomic E-state index is -0.164. The van der Waals surface area contributed by atoms with Crippen molar-refractivity contribution in [3.05, 3.63) is 54.1 Å². The summed E-state index contributed by atoms with van der Waals surface area (Å²) in [5, 5.41) is 13.7. The predicted octanol–water partition coefficient (Wildman–Crippen LogP) is 1.77. The number of carbonyl (C=O) groups excluding carboxylic acids is 2. The third-order valence-electron chi connectivity index (χ3n) is 4.06. The molecule has 134 valence electrons. The fourth-order valence-electron chi connectivity index (χ4n) is 2.72. The number of rotatable bonds is 7. The SMILES string of the molecule is NCNC(=O)CCCNC(=O)c1ccc(-c2n[nH]c3ccccc23)cc1. The third kappa shape index (κ3) is 4.07. The Balaban J connectivity index is 1.59. The summed E-state index contributed by atoms with van der Waals surface area (Å²) in [7, 11) is 0. The number of para-hydroxylation sites is 1. The number of fused-ring (bicyclic) bond motifs is 1. The Hall–Kier alpha value is -3.19. The van der Waals surface area contributed by atoms with Gasteiger partial charge in [-0.05, 0) is 24.6 Å². The molecule has 3 aromatic rings. The second-order valence-electron chi connectivity index (χ2n) is 5.86. The van der Waals surface area contributed by atoms with E-state index in [0.717, 1.165) is 22.2 Å². The predicted molar refractivity (Wildman–Crippen MR) is 100 cm³/mol. The van der Waals surface area contributed by atoms with Gasteiger partial charge in [0.2, 0.25) is 5.91 Å². The van der Waals surface area contributed by atoms with Crippen LogP contribution in [0.2, 0.25) is 0 Å². The Bertz CT molecular complexity index is 902. The first kappa shape index (κ1) is 17.6. The van der Waals surface area contributed by atoms with Crippen molar-refractivity contribution in [2.75, 3.05) is 13.2 Å². The van der Waals surface area contributed by atoms with Crippen molar-refractivity contribution in [2.24, 2.45) is 5.73 Å². The molecule has 0 aliphatic rings. The Morgan fingerprint density at radius 1 is 1.04 bits per heavy atom. The normalized spacial score (nSPS) is 10.7. The second kappa shape index (κ2) is 8.26. The number of aromatic nitrogens is 2. The molecule has 7 heteroatoms. The maximum Gasteiger partial charge on any atom is 0.251 e. The van der Waals surface area contributed by atoms with Crippen molar-refractivity contribution in [3.63, 3.8) is 0 Å². The summed E-state index contributed by atoms with van der Waals surface area (Å²) >= 11 is 0. The van der Waals surface area contributed by atoms with Crippen LogP contribution in [-0.2, 0) is 4.79 Å². The van der Waals surface area contributed by atoms with Crippen molar-refractivity contribution in [3.8, 4) is 11.3 Å². The van der Waals surface area contributed by atoms with Crippen LogP contribution in [0.15, 0.2) is 48.5 Å². The van der Waals surface area contributed by atoms with E-state index in [4.69, 9.17) is 5.73 Å². The molecule has 0 saturated carbocycles. The van der Waals surface area contributed by atoms with E-state index in [1.54, 1.807) is 12.1 Å². The monoisotopic (exact) mass is 351 g/mol. The molecule has 0 aliphatic heterocycles. The van der Waals surface area contributed by atoms with Crippen LogP contribution in [-0.4, -0.2) is 35.2 Å². The van der Waals surface area contributed by atoms with Gasteiger partial charge in [0.25, 0.3) is 5.91 Å². The van der Waals surface area contributed by atoms with Crippen LogP contribution in [0.5, 0.6) is 0 Å². The number of nitrogens with one attached hydrogen (secondary N) is 3. The molecule has 5 N–H and O–H groups in total. The lowest BCUT2D eigenvalue weighted by Gasteiger charge is -2.06. The van der Waals surface area contributed by atoms with E-state index < -0.39 is 0 Å². The highest BCUT2D eigenvalue weighted by molar-refractivity contribution is 5.96. The number of carbonyl (C=O) groups is 2. The largest absolute Gasteiger partial charge is 0.352 e. The van der Waals surface area contributed by atoms with Gasteiger partial charge in [-0.2, -0.15) is 5.10 Å². The van der Waals surface area contributed by atoms with Crippen LogP contribution in [0.1, 0.15) is 23.2 Å². The van der Waals surface area contributed by atoms with Crippen LogP contribution >= 0.6 is 0 Å². The molecule has 2 amide bonds. The zero-order chi connectivity index (χ0) is 18.4. The molecule has 0 aliphatic carbocycles. The maximum atomic E-state index is 12.2. The average molecular weight is 351 g/mol. The van der Waals surface area contributed by atoms with E-state index in [2.05, 4.69) is 20.8 Å². The molecule has 0 fully saturated rings. The summed E-state index contributed by atoms with van der Waals surface area (Å²) in [5.74, 6) is -0.278. The van der Waals surface area contributed by atoms with Gasteiger partial charge in [-0.3, -0.25) is 14.7 Å². The van der Waals surface area contributed by atoms with E-state index in [0.29, 0.717) is 24.9 Å². The lowest BCUT2D eigenvalue weighted by Crippen LogP contribution is -2.30. The molecular weight excluding hydrogens is 330 g/mol. The number of aromatic amines is 1. The number of nitrogens with zero attached hydrogens (tertiary/aromatic N) is 1. The zero-order valence-corrected chi connectivity index (χ0v) is 14.3. The molecule has 1 heterocycles. The molecule has 0 radical (unpaired) electrons. The highest BCUT2D eigenvalue weighted by Gasteiger charge is 2.10. The molecule has 2 aromatic carbocycles. The van der Waals surface area contributed by atoms with Gasteiger partial charge in [0, 0.05) is 29.5 Å². The van der Waals surface area contributed by atoms with E-state index in [1.165, 1.54) is 0 Å². The average Bonchev–Trinajstić information content (AvgIpc) is 3.09. The first-order valence-corrected chi connectivity index (χ1v) is 8.47. The minimum Gasteiger partial charge on any atom is -0.352 e. The number of hydrogen-bond acceptors (Lipinski definition) is 4. The molecule has 3 rings (SSSR count). The molecule has 0 spiro atoms. The molecule has 0 atom stereocenters. The lowest BCUT2D eigenvalue weighted by molar-refractivity contribution is -0.121. The van der Waals surface area contributed by atoms with Crippen molar-refractivity contribution in [1.29, 1.82) is 0 Å². The minimum absolute atomic E-state index is 0.114. The number of hydrogen-bond donors (Lipinski definition) is 4. The Morgan fingerprint density at radius 2 is 1.81 bits per heavy atom. The fourth-order valence-corrected chi connectivity index (χ4v) is 2.72. The number of benzene rings is 2. The van der Waals surface area contributed by atoms with Crippen LogP contribution in [0.3, 0.4) is 0 Å². The topological polar surface area (TPSA) is 113 Å².